The Bertz CT molecular complexity index is 3320. The second-order valence-electron chi connectivity index (χ2n) is 13.3. The zero-order valence-electron chi connectivity index (χ0n) is 26.4. The molecule has 0 saturated heterocycles. The molecule has 0 aliphatic rings. The Kier molecular flexibility index (Phi) is 4.72. The lowest BCUT2D eigenvalue weighted by atomic mass is 10.0. The number of fused-ring (bicyclic) bond motifs is 15. The van der Waals surface area contributed by atoms with Gasteiger partial charge in [-0.05, 0) is 53.9 Å². The summed E-state index contributed by atoms with van der Waals surface area (Å²) in [5.41, 5.74) is 11.1. The van der Waals surface area contributed by atoms with E-state index in [1.165, 1.54) is 98.2 Å². The van der Waals surface area contributed by atoms with Crippen LogP contribution in [0.3, 0.4) is 0 Å². The molecule has 0 atom stereocenters. The maximum absolute atomic E-state index is 2.58. The minimum Gasteiger partial charge on any atom is -0.309 e. The summed E-state index contributed by atoms with van der Waals surface area (Å²) < 4.78 is 7.50. The number of benzene rings is 8. The third-order valence-corrected chi connectivity index (χ3v) is 10.9. The van der Waals surface area contributed by atoms with E-state index in [1.54, 1.807) is 0 Å². The maximum atomic E-state index is 2.58. The van der Waals surface area contributed by atoms with E-state index in [-0.39, 0.29) is 0 Å². The van der Waals surface area contributed by atoms with Crippen LogP contribution >= 0.6 is 0 Å². The molecule has 0 unspecified atom stereocenters. The molecule has 49 heavy (non-hydrogen) atoms. The number of aromatic nitrogens is 3. The summed E-state index contributed by atoms with van der Waals surface area (Å²) in [5, 5.41) is 12.8. The van der Waals surface area contributed by atoms with Gasteiger partial charge in [0.2, 0.25) is 0 Å². The molecule has 4 aromatic heterocycles. The normalized spacial score (nSPS) is 12.5. The van der Waals surface area contributed by atoms with E-state index in [0.29, 0.717) is 0 Å². The van der Waals surface area contributed by atoms with Gasteiger partial charge in [0.05, 0.1) is 44.3 Å². The molecule has 3 nitrogen and oxygen atoms in total. The Labute approximate surface area is 280 Å². The quantitative estimate of drug-likeness (QED) is 0.182. The van der Waals surface area contributed by atoms with E-state index in [1.807, 2.05) is 0 Å². The Hall–Kier alpha value is -6.58. The predicted octanol–water partition coefficient (Wildman–Crippen LogP) is 12.2. The zero-order chi connectivity index (χ0) is 31.8. The standard InChI is InChI=1S/C46H27N3/c1-2-14-29(15-3-1)47-37-21-10-7-18-32(37)42-39(47)23-12-24-40(42)49-41-27-35-31-17-6-9-20-36(31)48-38-22-11-8-19-33(38)44(46(35)48)43(41)34-26-25-28-13-4-5-16-30(28)45(34)49/h1-27H. The largest absolute Gasteiger partial charge is 0.309 e. The summed E-state index contributed by atoms with van der Waals surface area (Å²) in [6, 6.07) is 60.3. The predicted molar refractivity (Wildman–Crippen MR) is 207 cm³/mol. The molecule has 0 aliphatic heterocycles. The summed E-state index contributed by atoms with van der Waals surface area (Å²) in [6.45, 7) is 0. The minimum atomic E-state index is 1.16. The lowest BCUT2D eigenvalue weighted by Gasteiger charge is -2.13. The monoisotopic (exact) mass is 621 g/mol. The van der Waals surface area contributed by atoms with Crippen molar-refractivity contribution in [2.45, 2.75) is 0 Å². The van der Waals surface area contributed by atoms with Crippen molar-refractivity contribution in [3.63, 3.8) is 0 Å². The van der Waals surface area contributed by atoms with Gasteiger partial charge in [0.15, 0.2) is 0 Å². The fraction of sp³-hybridized carbons (Fsp3) is 0. The van der Waals surface area contributed by atoms with E-state index in [9.17, 15) is 0 Å². The van der Waals surface area contributed by atoms with Crippen molar-refractivity contribution in [2.24, 2.45) is 0 Å². The van der Waals surface area contributed by atoms with Gasteiger partial charge in [-0.25, -0.2) is 0 Å². The molecular formula is C46H27N3. The summed E-state index contributed by atoms with van der Waals surface area (Å²) in [4.78, 5) is 0. The summed E-state index contributed by atoms with van der Waals surface area (Å²) in [7, 11) is 0. The molecule has 12 aromatic rings. The summed E-state index contributed by atoms with van der Waals surface area (Å²) in [5.74, 6) is 0. The average molecular weight is 622 g/mol. The first kappa shape index (κ1) is 25.5. The smallest absolute Gasteiger partial charge is 0.0628 e. The second-order valence-corrected chi connectivity index (χ2v) is 13.3. The van der Waals surface area contributed by atoms with Gasteiger partial charge < -0.3 is 13.5 Å². The molecule has 3 heteroatoms. The van der Waals surface area contributed by atoms with Crippen LogP contribution in [-0.2, 0) is 0 Å². The van der Waals surface area contributed by atoms with Crippen LogP contribution in [0.1, 0.15) is 0 Å². The number of nitrogens with zero attached hydrogens (tertiary/aromatic N) is 3. The fourth-order valence-electron chi connectivity index (χ4n) is 9.06. The zero-order valence-corrected chi connectivity index (χ0v) is 26.4. The van der Waals surface area contributed by atoms with Gasteiger partial charge in [-0.3, -0.25) is 0 Å². The Morgan fingerprint density at radius 1 is 0.306 bits per heavy atom. The van der Waals surface area contributed by atoms with Crippen molar-refractivity contribution in [1.82, 2.24) is 13.5 Å². The van der Waals surface area contributed by atoms with E-state index in [2.05, 4.69) is 177 Å². The number of hydrogen-bond acceptors (Lipinski definition) is 0. The molecule has 0 spiro atoms. The first-order valence-electron chi connectivity index (χ1n) is 17.0. The van der Waals surface area contributed by atoms with Crippen LogP contribution in [0.15, 0.2) is 164 Å². The lowest BCUT2D eigenvalue weighted by Crippen LogP contribution is -1.97. The first-order chi connectivity index (χ1) is 24.4. The molecule has 0 fully saturated rings. The molecular weight excluding hydrogens is 595 g/mol. The molecule has 0 aliphatic carbocycles. The van der Waals surface area contributed by atoms with Crippen LogP contribution in [-0.4, -0.2) is 13.5 Å². The van der Waals surface area contributed by atoms with Crippen LogP contribution < -0.4 is 0 Å². The Balaban J connectivity index is 1.38. The van der Waals surface area contributed by atoms with Crippen LogP contribution in [0.5, 0.6) is 0 Å². The fourth-order valence-corrected chi connectivity index (χ4v) is 9.06. The molecule has 12 rings (SSSR count). The van der Waals surface area contributed by atoms with Crippen LogP contribution in [0.4, 0.5) is 0 Å². The van der Waals surface area contributed by atoms with Gasteiger partial charge in [0.1, 0.15) is 0 Å². The lowest BCUT2D eigenvalue weighted by molar-refractivity contribution is 1.17. The van der Waals surface area contributed by atoms with Crippen molar-refractivity contribution in [3.8, 4) is 11.4 Å². The molecule has 4 heterocycles. The summed E-state index contributed by atoms with van der Waals surface area (Å²) >= 11 is 0. The van der Waals surface area contributed by atoms with Gasteiger partial charge in [0.25, 0.3) is 0 Å². The molecule has 0 N–H and O–H groups in total. The van der Waals surface area contributed by atoms with E-state index in [4.69, 9.17) is 0 Å². The van der Waals surface area contributed by atoms with E-state index in [0.717, 1.165) is 5.69 Å². The highest BCUT2D eigenvalue weighted by atomic mass is 15.0. The van der Waals surface area contributed by atoms with Crippen LogP contribution in [0, 0.1) is 0 Å². The molecule has 0 radical (unpaired) electrons. The van der Waals surface area contributed by atoms with Gasteiger partial charge in [-0.15, -0.1) is 0 Å². The van der Waals surface area contributed by atoms with E-state index >= 15 is 0 Å². The third-order valence-electron chi connectivity index (χ3n) is 10.9. The van der Waals surface area contributed by atoms with Gasteiger partial charge in [0, 0.05) is 54.2 Å². The van der Waals surface area contributed by atoms with Gasteiger partial charge >= 0.3 is 0 Å². The number of hydrogen-bond donors (Lipinski definition) is 0. The average Bonchev–Trinajstić information content (AvgIpc) is 3.89. The van der Waals surface area contributed by atoms with Gasteiger partial charge in [-0.1, -0.05) is 115 Å². The van der Waals surface area contributed by atoms with Crippen LogP contribution in [0.2, 0.25) is 0 Å². The molecule has 8 aromatic carbocycles. The third kappa shape index (κ3) is 3.09. The van der Waals surface area contributed by atoms with Crippen molar-refractivity contribution < 1.29 is 0 Å². The highest BCUT2D eigenvalue weighted by Crippen LogP contribution is 2.48. The molecule has 226 valence electrons. The Morgan fingerprint density at radius 2 is 0.939 bits per heavy atom. The minimum absolute atomic E-state index is 1.16. The molecule has 0 amide bonds. The second kappa shape index (κ2) is 9.06. The van der Waals surface area contributed by atoms with Crippen molar-refractivity contribution in [2.75, 3.05) is 0 Å². The van der Waals surface area contributed by atoms with Crippen molar-refractivity contribution >= 4 is 92.5 Å². The number of rotatable bonds is 2. The van der Waals surface area contributed by atoms with Gasteiger partial charge in [-0.2, -0.15) is 0 Å². The molecule has 0 bridgehead atoms. The SMILES string of the molecule is c1ccc(-n2c3ccccc3c3c(-n4c5cc6c7ccccc7n7c8ccccc8c(c5c5ccc8ccccc8c54)c67)cccc32)cc1. The van der Waals surface area contributed by atoms with E-state index < -0.39 is 0 Å². The first-order valence-corrected chi connectivity index (χ1v) is 17.0. The van der Waals surface area contributed by atoms with Crippen molar-refractivity contribution in [1.29, 1.82) is 0 Å². The highest BCUT2D eigenvalue weighted by Gasteiger charge is 2.26. The molecule has 0 saturated carbocycles. The number of para-hydroxylation sites is 4. The Morgan fingerprint density at radius 3 is 1.76 bits per heavy atom. The van der Waals surface area contributed by atoms with Crippen molar-refractivity contribution in [3.05, 3.63) is 164 Å². The highest BCUT2D eigenvalue weighted by molar-refractivity contribution is 6.37. The maximum Gasteiger partial charge on any atom is 0.0628 e. The topological polar surface area (TPSA) is 14.3 Å². The van der Waals surface area contributed by atoms with Crippen LogP contribution in [0.25, 0.3) is 104 Å². The summed E-state index contributed by atoms with van der Waals surface area (Å²) in [6.07, 6.45) is 0.